The molecule has 0 unspecified atom stereocenters. The molecule has 2 N–H and O–H groups in total. The third kappa shape index (κ3) is 2.55. The summed E-state index contributed by atoms with van der Waals surface area (Å²) in [5.41, 5.74) is 6.44. The van der Waals surface area contributed by atoms with Crippen LogP contribution in [0.2, 0.25) is 0 Å². The monoisotopic (exact) mass is 241 g/mol. The number of hydrogen-bond acceptors (Lipinski definition) is 3. The van der Waals surface area contributed by atoms with Gasteiger partial charge in [0, 0.05) is 11.1 Å². The normalized spacial score (nSPS) is 15.8. The Labute approximate surface area is 98.3 Å². The van der Waals surface area contributed by atoms with Gasteiger partial charge < -0.3 is 15.2 Å². The third-order valence-electron chi connectivity index (χ3n) is 2.42. The van der Waals surface area contributed by atoms with Gasteiger partial charge in [-0.15, -0.1) is 0 Å². The SMILES string of the molecule is NC(=S)c1ccc(COC2COC2)c(F)c1. The topological polar surface area (TPSA) is 44.5 Å². The molecule has 1 heterocycles. The Bertz CT molecular complexity index is 407. The predicted molar refractivity (Wildman–Crippen MR) is 61.7 cm³/mol. The highest BCUT2D eigenvalue weighted by atomic mass is 32.1. The summed E-state index contributed by atoms with van der Waals surface area (Å²) < 4.78 is 23.9. The lowest BCUT2D eigenvalue weighted by molar-refractivity contribution is -0.135. The van der Waals surface area contributed by atoms with Crippen LogP contribution in [-0.4, -0.2) is 24.3 Å². The van der Waals surface area contributed by atoms with E-state index in [0.717, 1.165) is 0 Å². The van der Waals surface area contributed by atoms with Crippen molar-refractivity contribution in [1.82, 2.24) is 0 Å². The van der Waals surface area contributed by atoms with Crippen LogP contribution in [0.3, 0.4) is 0 Å². The maximum absolute atomic E-state index is 13.6. The molecule has 1 aromatic carbocycles. The molecule has 86 valence electrons. The van der Waals surface area contributed by atoms with Crippen LogP contribution in [0.1, 0.15) is 11.1 Å². The number of nitrogens with two attached hydrogens (primary N) is 1. The summed E-state index contributed by atoms with van der Waals surface area (Å²) in [6.45, 7) is 1.43. The molecule has 1 fully saturated rings. The number of thiocarbonyl (C=S) groups is 1. The van der Waals surface area contributed by atoms with Gasteiger partial charge in [0.1, 0.15) is 16.9 Å². The highest BCUT2D eigenvalue weighted by Gasteiger charge is 2.19. The molecule has 2 rings (SSSR count). The van der Waals surface area contributed by atoms with E-state index in [-0.39, 0.29) is 23.5 Å². The Hall–Kier alpha value is -1.04. The molecule has 0 saturated carbocycles. The van der Waals surface area contributed by atoms with Crippen molar-refractivity contribution in [2.45, 2.75) is 12.7 Å². The first-order chi connectivity index (χ1) is 7.66. The highest BCUT2D eigenvalue weighted by Crippen LogP contribution is 2.14. The van der Waals surface area contributed by atoms with Crippen LogP contribution in [0.15, 0.2) is 18.2 Å². The smallest absolute Gasteiger partial charge is 0.129 e. The van der Waals surface area contributed by atoms with Crippen molar-refractivity contribution >= 4 is 17.2 Å². The molecule has 0 atom stereocenters. The molecular formula is C11H12FNO2S. The number of halogens is 1. The minimum atomic E-state index is -0.342. The zero-order chi connectivity index (χ0) is 11.5. The minimum absolute atomic E-state index is 0.0923. The summed E-state index contributed by atoms with van der Waals surface area (Å²) in [6.07, 6.45) is 0.0923. The average molecular weight is 241 g/mol. The van der Waals surface area contributed by atoms with Crippen molar-refractivity contribution in [2.75, 3.05) is 13.2 Å². The lowest BCUT2D eigenvalue weighted by Crippen LogP contribution is -2.35. The maximum Gasteiger partial charge on any atom is 0.129 e. The second kappa shape index (κ2) is 4.86. The second-order valence-electron chi connectivity index (χ2n) is 3.64. The lowest BCUT2D eigenvalue weighted by atomic mass is 10.1. The van der Waals surface area contributed by atoms with Gasteiger partial charge in [-0.1, -0.05) is 24.4 Å². The zero-order valence-electron chi connectivity index (χ0n) is 8.61. The van der Waals surface area contributed by atoms with E-state index in [4.69, 9.17) is 27.4 Å². The van der Waals surface area contributed by atoms with Crippen LogP contribution >= 0.6 is 12.2 Å². The van der Waals surface area contributed by atoms with Gasteiger partial charge in [-0.05, 0) is 6.07 Å². The predicted octanol–water partition coefficient (Wildman–Crippen LogP) is 1.38. The molecule has 1 aliphatic heterocycles. The Morgan fingerprint density at radius 1 is 1.56 bits per heavy atom. The molecule has 3 nitrogen and oxygen atoms in total. The van der Waals surface area contributed by atoms with Gasteiger partial charge in [0.15, 0.2) is 0 Å². The molecule has 1 aromatic rings. The summed E-state index contributed by atoms with van der Waals surface area (Å²) in [4.78, 5) is 0.193. The Morgan fingerprint density at radius 3 is 2.81 bits per heavy atom. The molecule has 0 radical (unpaired) electrons. The summed E-state index contributed by atoms with van der Waals surface area (Å²) in [5.74, 6) is -0.342. The minimum Gasteiger partial charge on any atom is -0.389 e. The van der Waals surface area contributed by atoms with Crippen LogP contribution in [0.25, 0.3) is 0 Å². The van der Waals surface area contributed by atoms with Crippen LogP contribution in [0.5, 0.6) is 0 Å². The quantitative estimate of drug-likeness (QED) is 0.809. The molecular weight excluding hydrogens is 229 g/mol. The van der Waals surface area contributed by atoms with E-state index < -0.39 is 0 Å². The first kappa shape index (κ1) is 11.4. The van der Waals surface area contributed by atoms with Crippen molar-refractivity contribution in [2.24, 2.45) is 5.73 Å². The highest BCUT2D eigenvalue weighted by molar-refractivity contribution is 7.80. The van der Waals surface area contributed by atoms with E-state index in [9.17, 15) is 4.39 Å². The van der Waals surface area contributed by atoms with Crippen molar-refractivity contribution in [3.05, 3.63) is 35.1 Å². The summed E-state index contributed by atoms with van der Waals surface area (Å²) in [6, 6.07) is 4.67. The van der Waals surface area contributed by atoms with Gasteiger partial charge in [0.25, 0.3) is 0 Å². The fourth-order valence-corrected chi connectivity index (χ4v) is 1.46. The van der Waals surface area contributed by atoms with E-state index >= 15 is 0 Å². The Balaban J connectivity index is 2.00. The molecule has 1 aliphatic rings. The summed E-state index contributed by atoms with van der Waals surface area (Å²) >= 11 is 4.76. The molecule has 0 aromatic heterocycles. The number of ether oxygens (including phenoxy) is 2. The molecule has 5 heteroatoms. The number of rotatable bonds is 4. The molecule has 0 spiro atoms. The van der Waals surface area contributed by atoms with E-state index in [1.165, 1.54) is 6.07 Å². The van der Waals surface area contributed by atoms with Crippen molar-refractivity contribution in [3.63, 3.8) is 0 Å². The van der Waals surface area contributed by atoms with E-state index in [1.807, 2.05) is 0 Å². The molecule has 1 saturated heterocycles. The molecule has 0 bridgehead atoms. The first-order valence-corrected chi connectivity index (χ1v) is 5.35. The Kier molecular flexibility index (Phi) is 3.48. The van der Waals surface area contributed by atoms with Gasteiger partial charge in [-0.3, -0.25) is 0 Å². The van der Waals surface area contributed by atoms with Crippen LogP contribution in [0.4, 0.5) is 4.39 Å². The average Bonchev–Trinajstić information content (AvgIpc) is 2.17. The van der Waals surface area contributed by atoms with E-state index in [0.29, 0.717) is 24.3 Å². The standard InChI is InChI=1S/C11H12FNO2S/c12-10-3-7(11(13)16)1-2-8(10)4-15-9-5-14-6-9/h1-3,9H,4-6H2,(H2,13,16). The van der Waals surface area contributed by atoms with Crippen LogP contribution in [-0.2, 0) is 16.1 Å². The maximum atomic E-state index is 13.6. The zero-order valence-corrected chi connectivity index (χ0v) is 9.43. The van der Waals surface area contributed by atoms with E-state index in [2.05, 4.69) is 0 Å². The number of hydrogen-bond donors (Lipinski definition) is 1. The molecule has 0 amide bonds. The fraction of sp³-hybridized carbons (Fsp3) is 0.364. The number of benzene rings is 1. The molecule has 0 aliphatic carbocycles. The third-order valence-corrected chi connectivity index (χ3v) is 2.66. The van der Waals surface area contributed by atoms with E-state index in [1.54, 1.807) is 12.1 Å². The van der Waals surface area contributed by atoms with Gasteiger partial charge in [0.2, 0.25) is 0 Å². The van der Waals surface area contributed by atoms with Crippen molar-refractivity contribution in [3.8, 4) is 0 Å². The second-order valence-corrected chi connectivity index (χ2v) is 4.08. The summed E-state index contributed by atoms with van der Waals surface area (Å²) in [7, 11) is 0. The summed E-state index contributed by atoms with van der Waals surface area (Å²) in [5, 5.41) is 0. The van der Waals surface area contributed by atoms with Crippen molar-refractivity contribution in [1.29, 1.82) is 0 Å². The van der Waals surface area contributed by atoms with Crippen LogP contribution in [0, 0.1) is 5.82 Å². The van der Waals surface area contributed by atoms with Gasteiger partial charge in [-0.2, -0.15) is 0 Å². The van der Waals surface area contributed by atoms with Crippen molar-refractivity contribution < 1.29 is 13.9 Å². The van der Waals surface area contributed by atoms with Gasteiger partial charge in [0.05, 0.1) is 19.8 Å². The Morgan fingerprint density at radius 2 is 2.31 bits per heavy atom. The largest absolute Gasteiger partial charge is 0.389 e. The lowest BCUT2D eigenvalue weighted by Gasteiger charge is -2.26. The first-order valence-electron chi connectivity index (χ1n) is 4.94. The fourth-order valence-electron chi connectivity index (χ4n) is 1.34. The molecule has 16 heavy (non-hydrogen) atoms. The van der Waals surface area contributed by atoms with Gasteiger partial charge in [-0.25, -0.2) is 4.39 Å². The van der Waals surface area contributed by atoms with Crippen LogP contribution < -0.4 is 5.73 Å². The van der Waals surface area contributed by atoms with Gasteiger partial charge >= 0.3 is 0 Å².